The molecule has 0 aromatic heterocycles. The van der Waals surface area contributed by atoms with Gasteiger partial charge < -0.3 is 9.84 Å². The quantitative estimate of drug-likeness (QED) is 0.913. The second-order valence-electron chi connectivity index (χ2n) is 4.88. The van der Waals surface area contributed by atoms with Gasteiger partial charge in [-0.25, -0.2) is 0 Å². The molecule has 1 aliphatic heterocycles. The molecule has 2 aromatic rings. The van der Waals surface area contributed by atoms with Crippen LogP contribution in [0.25, 0.3) is 0 Å². The van der Waals surface area contributed by atoms with Crippen molar-refractivity contribution >= 4 is 15.9 Å². The number of aliphatic hydroxyl groups excluding tert-OH is 1. The molecular weight excluding hydrogens is 304 g/mol. The SMILES string of the molecule is Cc1cc(C(O)c2ccc3c(c2)CCO3)ccc1Br. The fourth-order valence-electron chi connectivity index (χ4n) is 2.41. The van der Waals surface area contributed by atoms with E-state index in [1.54, 1.807) is 0 Å². The van der Waals surface area contributed by atoms with Crippen LogP contribution in [-0.4, -0.2) is 11.7 Å². The van der Waals surface area contributed by atoms with Crippen LogP contribution in [0.4, 0.5) is 0 Å². The highest BCUT2D eigenvalue weighted by Gasteiger charge is 2.16. The third-order valence-electron chi connectivity index (χ3n) is 3.53. The van der Waals surface area contributed by atoms with Gasteiger partial charge in [0, 0.05) is 10.9 Å². The molecule has 1 atom stereocenters. The Morgan fingerprint density at radius 3 is 2.68 bits per heavy atom. The van der Waals surface area contributed by atoms with E-state index in [1.807, 2.05) is 43.3 Å². The van der Waals surface area contributed by atoms with Crippen LogP contribution in [0.3, 0.4) is 0 Å². The molecule has 0 amide bonds. The Hall–Kier alpha value is -1.32. The molecule has 2 aromatic carbocycles. The standard InChI is InChI=1S/C16H15BrO2/c1-10-8-12(2-4-14(10)17)16(18)13-3-5-15-11(9-13)6-7-19-15/h2-5,8-9,16,18H,6-7H2,1H3. The van der Waals surface area contributed by atoms with Crippen molar-refractivity contribution in [2.75, 3.05) is 6.61 Å². The first-order valence-corrected chi connectivity index (χ1v) is 7.14. The van der Waals surface area contributed by atoms with Crippen LogP contribution in [0.1, 0.15) is 28.4 Å². The van der Waals surface area contributed by atoms with Crippen LogP contribution in [0.2, 0.25) is 0 Å². The maximum Gasteiger partial charge on any atom is 0.122 e. The molecular formula is C16H15BrO2. The maximum absolute atomic E-state index is 10.5. The van der Waals surface area contributed by atoms with Crippen LogP contribution in [-0.2, 0) is 6.42 Å². The summed E-state index contributed by atoms with van der Waals surface area (Å²) in [5.74, 6) is 0.947. The molecule has 98 valence electrons. The van der Waals surface area contributed by atoms with Crippen LogP contribution < -0.4 is 4.74 Å². The Morgan fingerprint density at radius 1 is 1.16 bits per heavy atom. The summed E-state index contributed by atoms with van der Waals surface area (Å²) in [5.41, 5.74) is 4.15. The number of fused-ring (bicyclic) bond motifs is 1. The van der Waals surface area contributed by atoms with Gasteiger partial charge in [0.05, 0.1) is 6.61 Å². The number of ether oxygens (including phenoxy) is 1. The fraction of sp³-hybridized carbons (Fsp3) is 0.250. The van der Waals surface area contributed by atoms with E-state index < -0.39 is 6.10 Å². The Balaban J connectivity index is 1.94. The number of halogens is 1. The predicted octanol–water partition coefficient (Wildman–Crippen LogP) is 3.77. The lowest BCUT2D eigenvalue weighted by Gasteiger charge is -2.14. The van der Waals surface area contributed by atoms with E-state index in [0.717, 1.165) is 39.9 Å². The molecule has 0 spiro atoms. The van der Waals surface area contributed by atoms with Crippen LogP contribution >= 0.6 is 15.9 Å². The van der Waals surface area contributed by atoms with Gasteiger partial charge in [0.15, 0.2) is 0 Å². The lowest BCUT2D eigenvalue weighted by atomic mass is 9.98. The number of aryl methyl sites for hydroxylation is 1. The van der Waals surface area contributed by atoms with E-state index >= 15 is 0 Å². The summed E-state index contributed by atoms with van der Waals surface area (Å²) in [7, 11) is 0. The van der Waals surface area contributed by atoms with E-state index in [9.17, 15) is 5.11 Å². The van der Waals surface area contributed by atoms with Crippen molar-refractivity contribution in [3.05, 3.63) is 63.1 Å². The Bertz CT molecular complexity index is 622. The first kappa shape index (κ1) is 12.7. The van der Waals surface area contributed by atoms with Gasteiger partial charge in [-0.05, 0) is 47.4 Å². The van der Waals surface area contributed by atoms with Gasteiger partial charge in [0.25, 0.3) is 0 Å². The van der Waals surface area contributed by atoms with Crippen LogP contribution in [0.5, 0.6) is 5.75 Å². The summed E-state index contributed by atoms with van der Waals surface area (Å²) in [5, 5.41) is 10.5. The molecule has 0 saturated carbocycles. The molecule has 2 nitrogen and oxygen atoms in total. The summed E-state index contributed by atoms with van der Waals surface area (Å²) < 4.78 is 6.55. The average Bonchev–Trinajstić information content (AvgIpc) is 2.88. The normalized spacial score (nSPS) is 14.9. The van der Waals surface area contributed by atoms with Gasteiger partial charge in [0.1, 0.15) is 11.9 Å². The molecule has 0 bridgehead atoms. The highest BCUT2D eigenvalue weighted by molar-refractivity contribution is 9.10. The maximum atomic E-state index is 10.5. The highest BCUT2D eigenvalue weighted by atomic mass is 79.9. The van der Waals surface area contributed by atoms with Crippen molar-refractivity contribution in [2.24, 2.45) is 0 Å². The number of benzene rings is 2. The lowest BCUT2D eigenvalue weighted by Crippen LogP contribution is -2.00. The minimum Gasteiger partial charge on any atom is -0.493 e. The number of rotatable bonds is 2. The Labute approximate surface area is 121 Å². The molecule has 1 aliphatic rings. The summed E-state index contributed by atoms with van der Waals surface area (Å²) in [4.78, 5) is 0. The average molecular weight is 319 g/mol. The van der Waals surface area contributed by atoms with Crippen LogP contribution in [0.15, 0.2) is 40.9 Å². The fourth-order valence-corrected chi connectivity index (χ4v) is 2.65. The molecule has 0 aliphatic carbocycles. The van der Waals surface area contributed by atoms with E-state index in [-0.39, 0.29) is 0 Å². The van der Waals surface area contributed by atoms with Gasteiger partial charge in [-0.15, -0.1) is 0 Å². The van der Waals surface area contributed by atoms with Crippen molar-refractivity contribution in [1.82, 2.24) is 0 Å². The minimum absolute atomic E-state index is 0.585. The first-order chi connectivity index (χ1) is 9.15. The van der Waals surface area contributed by atoms with Crippen molar-refractivity contribution < 1.29 is 9.84 Å². The number of aliphatic hydroxyl groups is 1. The van der Waals surface area contributed by atoms with E-state index in [0.29, 0.717) is 0 Å². The zero-order valence-electron chi connectivity index (χ0n) is 10.7. The summed E-state index contributed by atoms with van der Waals surface area (Å²) in [6.07, 6.45) is 0.340. The molecule has 1 unspecified atom stereocenters. The second-order valence-corrected chi connectivity index (χ2v) is 5.73. The van der Waals surface area contributed by atoms with Crippen molar-refractivity contribution in [3.63, 3.8) is 0 Å². The molecule has 1 N–H and O–H groups in total. The summed E-state index contributed by atoms with van der Waals surface area (Å²) in [6.45, 7) is 2.77. The second kappa shape index (κ2) is 4.99. The van der Waals surface area contributed by atoms with E-state index in [1.165, 1.54) is 5.56 Å². The molecule has 0 radical (unpaired) electrons. The Morgan fingerprint density at radius 2 is 1.89 bits per heavy atom. The largest absolute Gasteiger partial charge is 0.493 e. The topological polar surface area (TPSA) is 29.5 Å². The molecule has 1 heterocycles. The lowest BCUT2D eigenvalue weighted by molar-refractivity contribution is 0.220. The van der Waals surface area contributed by atoms with E-state index in [4.69, 9.17) is 4.74 Å². The monoisotopic (exact) mass is 318 g/mol. The van der Waals surface area contributed by atoms with Gasteiger partial charge in [-0.3, -0.25) is 0 Å². The van der Waals surface area contributed by atoms with E-state index in [2.05, 4.69) is 15.9 Å². The van der Waals surface area contributed by atoms with Gasteiger partial charge in [-0.1, -0.05) is 34.1 Å². The van der Waals surface area contributed by atoms with Gasteiger partial charge in [-0.2, -0.15) is 0 Å². The number of hydrogen-bond acceptors (Lipinski definition) is 2. The number of hydrogen-bond donors (Lipinski definition) is 1. The molecule has 0 fully saturated rings. The summed E-state index contributed by atoms with van der Waals surface area (Å²) >= 11 is 3.48. The molecule has 19 heavy (non-hydrogen) atoms. The summed E-state index contributed by atoms with van der Waals surface area (Å²) in [6, 6.07) is 11.9. The first-order valence-electron chi connectivity index (χ1n) is 6.35. The molecule has 3 heteroatoms. The van der Waals surface area contributed by atoms with Gasteiger partial charge in [0.2, 0.25) is 0 Å². The van der Waals surface area contributed by atoms with Gasteiger partial charge >= 0.3 is 0 Å². The molecule has 3 rings (SSSR count). The zero-order valence-corrected chi connectivity index (χ0v) is 12.3. The highest BCUT2D eigenvalue weighted by Crippen LogP contribution is 2.31. The smallest absolute Gasteiger partial charge is 0.122 e. The van der Waals surface area contributed by atoms with Crippen molar-refractivity contribution in [3.8, 4) is 5.75 Å². The third-order valence-corrected chi connectivity index (χ3v) is 4.42. The van der Waals surface area contributed by atoms with Crippen molar-refractivity contribution in [2.45, 2.75) is 19.4 Å². The van der Waals surface area contributed by atoms with Crippen molar-refractivity contribution in [1.29, 1.82) is 0 Å². The molecule has 0 saturated heterocycles. The predicted molar refractivity (Wildman–Crippen MR) is 78.6 cm³/mol. The zero-order chi connectivity index (χ0) is 13.4. The Kier molecular flexibility index (Phi) is 3.33. The minimum atomic E-state index is -0.585. The van der Waals surface area contributed by atoms with Crippen LogP contribution in [0, 0.1) is 6.92 Å². The third kappa shape index (κ3) is 2.40.